The van der Waals surface area contributed by atoms with Crippen LogP contribution in [-0.2, 0) is 13.6 Å². The molecule has 1 spiro atoms. The van der Waals surface area contributed by atoms with E-state index < -0.39 is 6.10 Å². The Morgan fingerprint density at radius 2 is 2.14 bits per heavy atom. The van der Waals surface area contributed by atoms with E-state index in [1.165, 1.54) is 12.1 Å². The van der Waals surface area contributed by atoms with Gasteiger partial charge in [-0.2, -0.15) is 5.10 Å². The minimum atomic E-state index is -0.587. The van der Waals surface area contributed by atoms with Crippen LogP contribution in [0, 0.1) is 5.82 Å². The molecule has 1 N–H and O–H groups in total. The van der Waals surface area contributed by atoms with Gasteiger partial charge < -0.3 is 14.3 Å². The number of hydrogen-bond acceptors (Lipinski definition) is 6. The van der Waals surface area contributed by atoms with Gasteiger partial charge in [-0.1, -0.05) is 6.07 Å². The molecule has 29 heavy (non-hydrogen) atoms. The van der Waals surface area contributed by atoms with E-state index in [0.717, 1.165) is 31.6 Å². The van der Waals surface area contributed by atoms with Crippen LogP contribution in [0.25, 0.3) is 11.5 Å². The second kappa shape index (κ2) is 6.96. The number of likely N-dealkylation sites (tertiary alicyclic amines) is 1. The van der Waals surface area contributed by atoms with Crippen LogP contribution in [0.15, 0.2) is 41.1 Å². The van der Waals surface area contributed by atoms with E-state index in [1.807, 2.05) is 13.2 Å². The van der Waals surface area contributed by atoms with Crippen molar-refractivity contribution in [3.8, 4) is 17.2 Å². The molecule has 2 aromatic heterocycles. The van der Waals surface area contributed by atoms with Crippen LogP contribution in [-0.4, -0.2) is 43.5 Å². The Bertz CT molecular complexity index is 1020. The normalized spacial score (nSPS) is 21.1. The van der Waals surface area contributed by atoms with Crippen LogP contribution in [0.3, 0.4) is 0 Å². The van der Waals surface area contributed by atoms with Gasteiger partial charge in [0.05, 0.1) is 11.9 Å². The van der Waals surface area contributed by atoms with Gasteiger partial charge in [-0.05, 0) is 31.0 Å². The number of aryl methyl sites for hydroxylation is 1. The Morgan fingerprint density at radius 3 is 2.93 bits per heavy atom. The largest absolute Gasteiger partial charge is 0.483 e. The van der Waals surface area contributed by atoms with Gasteiger partial charge in [-0.15, -0.1) is 0 Å². The summed E-state index contributed by atoms with van der Waals surface area (Å²) >= 11 is 0. The molecule has 0 amide bonds. The van der Waals surface area contributed by atoms with Crippen LogP contribution >= 0.6 is 0 Å². The zero-order valence-electron chi connectivity index (χ0n) is 16.2. The molecule has 7 nitrogen and oxygen atoms in total. The SMILES string of the molecule is Cn1cc2c(n1)C(O)CC1(CCN(Cc3coc(-c4cccc(F)c4)n3)CC1)O2. The lowest BCUT2D eigenvalue weighted by Crippen LogP contribution is -2.50. The molecule has 2 aliphatic rings. The zero-order valence-corrected chi connectivity index (χ0v) is 16.2. The second-order valence-electron chi connectivity index (χ2n) is 7.99. The van der Waals surface area contributed by atoms with Crippen molar-refractivity contribution in [1.82, 2.24) is 19.7 Å². The lowest BCUT2D eigenvalue weighted by atomic mass is 9.83. The molecular weight excluding hydrogens is 375 g/mol. The maximum Gasteiger partial charge on any atom is 0.226 e. The Morgan fingerprint density at radius 1 is 1.31 bits per heavy atom. The third-order valence-electron chi connectivity index (χ3n) is 5.81. The van der Waals surface area contributed by atoms with Crippen molar-refractivity contribution in [3.63, 3.8) is 0 Å². The fraction of sp³-hybridized carbons (Fsp3) is 0.429. The summed E-state index contributed by atoms with van der Waals surface area (Å²) in [5, 5.41) is 14.8. The molecular formula is C21H23FN4O3. The van der Waals surface area contributed by atoms with Gasteiger partial charge in [0.2, 0.25) is 5.89 Å². The molecule has 3 aromatic rings. The number of benzene rings is 1. The van der Waals surface area contributed by atoms with Crippen LogP contribution in [0.2, 0.25) is 0 Å². The highest BCUT2D eigenvalue weighted by Crippen LogP contribution is 2.43. The number of oxazole rings is 1. The molecule has 0 aliphatic carbocycles. The van der Waals surface area contributed by atoms with Crippen molar-refractivity contribution in [2.24, 2.45) is 7.05 Å². The van der Waals surface area contributed by atoms with E-state index in [9.17, 15) is 9.50 Å². The van der Waals surface area contributed by atoms with Crippen molar-refractivity contribution < 1.29 is 18.7 Å². The number of fused-ring (bicyclic) bond motifs is 1. The number of piperidine rings is 1. The molecule has 8 heteroatoms. The molecule has 1 fully saturated rings. The fourth-order valence-electron chi connectivity index (χ4n) is 4.31. The average Bonchev–Trinajstić information content (AvgIpc) is 3.30. The standard InChI is InChI=1S/C21H23FN4O3/c1-25-12-18-19(24-25)17(27)10-21(29-18)5-7-26(8-6-21)11-16-13-28-20(23-16)14-3-2-4-15(22)9-14/h2-4,9,12-13,17,27H,5-8,10-11H2,1H3. The fourth-order valence-corrected chi connectivity index (χ4v) is 4.31. The molecule has 0 radical (unpaired) electrons. The number of hydrogen-bond donors (Lipinski definition) is 1. The molecule has 1 unspecified atom stereocenters. The van der Waals surface area contributed by atoms with Crippen LogP contribution < -0.4 is 4.74 Å². The summed E-state index contributed by atoms with van der Waals surface area (Å²) in [7, 11) is 1.83. The monoisotopic (exact) mass is 398 g/mol. The number of aliphatic hydroxyl groups excluding tert-OH is 1. The highest BCUT2D eigenvalue weighted by molar-refractivity contribution is 5.52. The van der Waals surface area contributed by atoms with Gasteiger partial charge in [0.25, 0.3) is 0 Å². The first-order valence-corrected chi connectivity index (χ1v) is 9.83. The van der Waals surface area contributed by atoms with Gasteiger partial charge in [0.15, 0.2) is 5.75 Å². The molecule has 4 heterocycles. The summed E-state index contributed by atoms with van der Waals surface area (Å²) in [5.41, 5.74) is 1.74. The number of nitrogens with zero attached hydrogens (tertiary/aromatic N) is 4. The molecule has 152 valence electrons. The number of halogens is 1. The van der Waals surface area contributed by atoms with E-state index in [2.05, 4.69) is 15.0 Å². The lowest BCUT2D eigenvalue weighted by molar-refractivity contribution is -0.0560. The summed E-state index contributed by atoms with van der Waals surface area (Å²) in [6, 6.07) is 6.24. The molecule has 2 aliphatic heterocycles. The summed E-state index contributed by atoms with van der Waals surface area (Å²) in [6.07, 6.45) is 5.09. The van der Waals surface area contributed by atoms with E-state index in [4.69, 9.17) is 9.15 Å². The third-order valence-corrected chi connectivity index (χ3v) is 5.81. The first-order valence-electron chi connectivity index (χ1n) is 9.83. The van der Waals surface area contributed by atoms with Gasteiger partial charge in [0, 0.05) is 38.7 Å². The third kappa shape index (κ3) is 3.54. The predicted octanol–water partition coefficient (Wildman–Crippen LogP) is 3.06. The molecule has 1 atom stereocenters. The van der Waals surface area contributed by atoms with Crippen LogP contribution in [0.5, 0.6) is 5.75 Å². The second-order valence-corrected chi connectivity index (χ2v) is 7.99. The first-order chi connectivity index (χ1) is 14.0. The smallest absolute Gasteiger partial charge is 0.226 e. The van der Waals surface area contributed by atoms with E-state index in [-0.39, 0.29) is 11.4 Å². The molecule has 1 saturated heterocycles. The molecule has 5 rings (SSSR count). The minimum Gasteiger partial charge on any atom is -0.483 e. The Hall–Kier alpha value is -2.71. The topological polar surface area (TPSA) is 76.5 Å². The van der Waals surface area contributed by atoms with Crippen molar-refractivity contribution in [2.45, 2.75) is 37.5 Å². The van der Waals surface area contributed by atoms with Gasteiger partial charge in [0.1, 0.15) is 29.5 Å². The van der Waals surface area contributed by atoms with E-state index >= 15 is 0 Å². The van der Waals surface area contributed by atoms with Crippen LogP contribution in [0.4, 0.5) is 4.39 Å². The summed E-state index contributed by atoms with van der Waals surface area (Å²) in [4.78, 5) is 6.81. The Balaban J connectivity index is 1.23. The number of aromatic nitrogens is 3. The maximum absolute atomic E-state index is 13.4. The molecule has 0 bridgehead atoms. The number of rotatable bonds is 3. The summed E-state index contributed by atoms with van der Waals surface area (Å²) in [6.45, 7) is 2.34. The predicted molar refractivity (Wildman–Crippen MR) is 103 cm³/mol. The van der Waals surface area contributed by atoms with Crippen molar-refractivity contribution in [3.05, 3.63) is 53.9 Å². The highest BCUT2D eigenvalue weighted by atomic mass is 19.1. The van der Waals surface area contributed by atoms with Crippen molar-refractivity contribution in [1.29, 1.82) is 0 Å². The Labute approximate surface area is 167 Å². The minimum absolute atomic E-state index is 0.310. The lowest BCUT2D eigenvalue weighted by Gasteiger charge is -2.44. The van der Waals surface area contributed by atoms with Gasteiger partial charge >= 0.3 is 0 Å². The van der Waals surface area contributed by atoms with Gasteiger partial charge in [-0.25, -0.2) is 9.37 Å². The number of aliphatic hydroxyl groups is 1. The molecule has 1 aromatic carbocycles. The van der Waals surface area contributed by atoms with Gasteiger partial charge in [-0.3, -0.25) is 9.58 Å². The maximum atomic E-state index is 13.4. The summed E-state index contributed by atoms with van der Waals surface area (Å²) in [5.74, 6) is 0.807. The zero-order chi connectivity index (χ0) is 20.0. The molecule has 0 saturated carbocycles. The van der Waals surface area contributed by atoms with E-state index in [1.54, 1.807) is 23.1 Å². The van der Waals surface area contributed by atoms with E-state index in [0.29, 0.717) is 35.9 Å². The first kappa shape index (κ1) is 18.3. The van der Waals surface area contributed by atoms with Crippen molar-refractivity contribution in [2.75, 3.05) is 13.1 Å². The van der Waals surface area contributed by atoms with Crippen molar-refractivity contribution >= 4 is 0 Å². The van der Waals surface area contributed by atoms with Crippen LogP contribution in [0.1, 0.15) is 36.8 Å². The average molecular weight is 398 g/mol. The number of ether oxygens (including phenoxy) is 1. The Kier molecular flexibility index (Phi) is 4.40. The quantitative estimate of drug-likeness (QED) is 0.731. The highest BCUT2D eigenvalue weighted by Gasteiger charge is 2.44. The summed E-state index contributed by atoms with van der Waals surface area (Å²) < 4.78 is 26.9.